The number of rotatable bonds is 2. The molecule has 88 valence electrons. The molecule has 1 saturated carbocycles. The van der Waals surface area contributed by atoms with Gasteiger partial charge in [-0.2, -0.15) is 0 Å². The van der Waals surface area contributed by atoms with Gasteiger partial charge in [-0.3, -0.25) is 0 Å². The first-order valence-electron chi connectivity index (χ1n) is 5.95. The minimum atomic E-state index is 0.472. The fourth-order valence-electron chi connectivity index (χ4n) is 2.50. The Labute approximate surface area is 97.5 Å². The summed E-state index contributed by atoms with van der Waals surface area (Å²) in [5, 5.41) is 3.53. The van der Waals surface area contributed by atoms with Gasteiger partial charge in [0.25, 0.3) is 0 Å². The second kappa shape index (κ2) is 3.96. The Bertz CT molecular complexity index is 385. The van der Waals surface area contributed by atoms with Gasteiger partial charge in [0.15, 0.2) is 0 Å². The number of nitrogen functional groups attached to an aromatic ring is 1. The van der Waals surface area contributed by atoms with Gasteiger partial charge in [-0.15, -0.1) is 0 Å². The van der Waals surface area contributed by atoms with E-state index >= 15 is 0 Å². The van der Waals surface area contributed by atoms with Crippen molar-refractivity contribution in [1.82, 2.24) is 4.98 Å². The summed E-state index contributed by atoms with van der Waals surface area (Å²) in [7, 11) is 0. The third-order valence-corrected chi connectivity index (χ3v) is 3.41. The Morgan fingerprint density at radius 2 is 2.25 bits per heavy atom. The predicted molar refractivity (Wildman–Crippen MR) is 68.4 cm³/mol. The van der Waals surface area contributed by atoms with Crippen LogP contribution in [0.2, 0.25) is 0 Å². The van der Waals surface area contributed by atoms with E-state index in [2.05, 4.69) is 24.1 Å². The van der Waals surface area contributed by atoms with E-state index < -0.39 is 0 Å². The van der Waals surface area contributed by atoms with Crippen molar-refractivity contribution in [1.29, 1.82) is 0 Å². The Hall–Kier alpha value is -1.25. The highest BCUT2D eigenvalue weighted by Gasteiger charge is 2.31. The topological polar surface area (TPSA) is 50.9 Å². The van der Waals surface area contributed by atoms with Crippen LogP contribution in [0.5, 0.6) is 0 Å². The van der Waals surface area contributed by atoms with E-state index in [4.69, 9.17) is 5.73 Å². The zero-order chi connectivity index (χ0) is 11.8. The monoisotopic (exact) mass is 219 g/mol. The lowest BCUT2D eigenvalue weighted by atomic mass is 9.92. The number of hydrogen-bond acceptors (Lipinski definition) is 3. The molecule has 0 saturated heterocycles. The summed E-state index contributed by atoms with van der Waals surface area (Å²) in [5.41, 5.74) is 8.02. The van der Waals surface area contributed by atoms with Crippen molar-refractivity contribution in [3.63, 3.8) is 0 Å². The summed E-state index contributed by atoms with van der Waals surface area (Å²) < 4.78 is 0. The molecule has 1 aromatic rings. The van der Waals surface area contributed by atoms with E-state index in [1.807, 2.05) is 13.0 Å². The van der Waals surface area contributed by atoms with Gasteiger partial charge in [0.2, 0.25) is 0 Å². The van der Waals surface area contributed by atoms with Crippen molar-refractivity contribution in [3.8, 4) is 0 Å². The Morgan fingerprint density at radius 3 is 2.81 bits per heavy atom. The number of nitrogens with two attached hydrogens (primary N) is 1. The van der Waals surface area contributed by atoms with Crippen molar-refractivity contribution < 1.29 is 0 Å². The molecule has 0 amide bonds. The fraction of sp³-hybridized carbons (Fsp3) is 0.615. The third-order valence-electron chi connectivity index (χ3n) is 3.41. The molecule has 1 aromatic heterocycles. The maximum absolute atomic E-state index is 5.69. The summed E-state index contributed by atoms with van der Waals surface area (Å²) in [6.45, 7) is 6.71. The molecule has 2 rings (SSSR count). The quantitative estimate of drug-likeness (QED) is 0.804. The highest BCUT2D eigenvalue weighted by molar-refractivity contribution is 5.51. The van der Waals surface area contributed by atoms with Crippen LogP contribution < -0.4 is 11.1 Å². The minimum absolute atomic E-state index is 0.472. The van der Waals surface area contributed by atoms with Gasteiger partial charge in [0.1, 0.15) is 5.82 Å². The molecule has 0 radical (unpaired) electrons. The molecular weight excluding hydrogens is 198 g/mol. The molecule has 1 aliphatic rings. The van der Waals surface area contributed by atoms with Crippen LogP contribution in [0.25, 0.3) is 0 Å². The van der Waals surface area contributed by atoms with Gasteiger partial charge in [-0.05, 0) is 43.2 Å². The van der Waals surface area contributed by atoms with Gasteiger partial charge in [-0.25, -0.2) is 4.98 Å². The number of aryl methyl sites for hydroxylation is 1. The van der Waals surface area contributed by atoms with E-state index in [-0.39, 0.29) is 0 Å². The molecule has 16 heavy (non-hydrogen) atoms. The van der Waals surface area contributed by atoms with Crippen molar-refractivity contribution in [2.45, 2.75) is 46.1 Å². The average molecular weight is 219 g/mol. The van der Waals surface area contributed by atoms with Gasteiger partial charge >= 0.3 is 0 Å². The standard InChI is InChI=1S/C13H21N3/c1-9-6-10(14)8-15-12(9)16-11-4-5-13(2,3)7-11/h6,8,11H,4-5,7,14H2,1-3H3,(H,15,16). The van der Waals surface area contributed by atoms with E-state index in [0.717, 1.165) is 17.1 Å². The minimum Gasteiger partial charge on any atom is -0.397 e. The number of nitrogens with one attached hydrogen (secondary N) is 1. The normalized spacial score (nSPS) is 23.3. The molecule has 0 spiro atoms. The number of aromatic nitrogens is 1. The molecule has 0 bridgehead atoms. The molecule has 0 aliphatic heterocycles. The van der Waals surface area contributed by atoms with Crippen molar-refractivity contribution in [3.05, 3.63) is 17.8 Å². The lowest BCUT2D eigenvalue weighted by Gasteiger charge is -2.19. The van der Waals surface area contributed by atoms with Crippen molar-refractivity contribution >= 4 is 11.5 Å². The van der Waals surface area contributed by atoms with Gasteiger partial charge in [0, 0.05) is 6.04 Å². The molecule has 1 heterocycles. The zero-order valence-corrected chi connectivity index (χ0v) is 10.4. The number of nitrogens with zero attached hydrogens (tertiary/aromatic N) is 1. The molecule has 3 N–H and O–H groups in total. The van der Waals surface area contributed by atoms with E-state index in [0.29, 0.717) is 11.5 Å². The summed E-state index contributed by atoms with van der Waals surface area (Å²) >= 11 is 0. The molecule has 1 atom stereocenters. The lowest BCUT2D eigenvalue weighted by Crippen LogP contribution is -2.19. The van der Waals surface area contributed by atoms with Gasteiger partial charge in [-0.1, -0.05) is 13.8 Å². The molecule has 1 unspecified atom stereocenters. The van der Waals surface area contributed by atoms with Crippen LogP contribution in [0, 0.1) is 12.3 Å². The van der Waals surface area contributed by atoms with Crippen molar-refractivity contribution in [2.24, 2.45) is 5.41 Å². The Kier molecular flexibility index (Phi) is 2.78. The first-order valence-corrected chi connectivity index (χ1v) is 5.95. The molecule has 1 aliphatic carbocycles. The number of pyridine rings is 1. The molecule has 1 fully saturated rings. The van der Waals surface area contributed by atoms with Gasteiger partial charge in [0.05, 0.1) is 11.9 Å². The second-order valence-corrected chi connectivity index (χ2v) is 5.68. The van der Waals surface area contributed by atoms with Crippen LogP contribution >= 0.6 is 0 Å². The lowest BCUT2D eigenvalue weighted by molar-refractivity contribution is 0.378. The van der Waals surface area contributed by atoms with Crippen LogP contribution in [0.15, 0.2) is 12.3 Å². The summed E-state index contributed by atoms with van der Waals surface area (Å²) in [4.78, 5) is 4.35. The van der Waals surface area contributed by atoms with Crippen LogP contribution in [0.4, 0.5) is 11.5 Å². The Morgan fingerprint density at radius 1 is 1.50 bits per heavy atom. The molecular formula is C13H21N3. The van der Waals surface area contributed by atoms with E-state index in [9.17, 15) is 0 Å². The largest absolute Gasteiger partial charge is 0.397 e. The first-order chi connectivity index (χ1) is 7.46. The van der Waals surface area contributed by atoms with Crippen LogP contribution in [-0.4, -0.2) is 11.0 Å². The van der Waals surface area contributed by atoms with E-state index in [1.54, 1.807) is 6.20 Å². The smallest absolute Gasteiger partial charge is 0.129 e. The molecule has 3 nitrogen and oxygen atoms in total. The average Bonchev–Trinajstić information content (AvgIpc) is 2.51. The highest BCUT2D eigenvalue weighted by atomic mass is 15.0. The van der Waals surface area contributed by atoms with Gasteiger partial charge < -0.3 is 11.1 Å². The fourth-order valence-corrected chi connectivity index (χ4v) is 2.50. The second-order valence-electron chi connectivity index (χ2n) is 5.68. The van der Waals surface area contributed by atoms with Crippen LogP contribution in [0.3, 0.4) is 0 Å². The predicted octanol–water partition coefficient (Wildman–Crippen LogP) is 2.96. The maximum atomic E-state index is 5.69. The third kappa shape index (κ3) is 2.46. The van der Waals surface area contributed by atoms with Crippen molar-refractivity contribution in [2.75, 3.05) is 11.1 Å². The van der Waals surface area contributed by atoms with Crippen LogP contribution in [-0.2, 0) is 0 Å². The maximum Gasteiger partial charge on any atom is 0.129 e. The molecule has 3 heteroatoms. The highest BCUT2D eigenvalue weighted by Crippen LogP contribution is 2.38. The zero-order valence-electron chi connectivity index (χ0n) is 10.4. The number of hydrogen-bond donors (Lipinski definition) is 2. The SMILES string of the molecule is Cc1cc(N)cnc1NC1CCC(C)(C)C1. The summed E-state index contributed by atoms with van der Waals surface area (Å²) in [5.74, 6) is 0.983. The molecule has 0 aromatic carbocycles. The summed E-state index contributed by atoms with van der Waals surface area (Å²) in [6, 6.07) is 2.53. The van der Waals surface area contributed by atoms with Crippen LogP contribution in [0.1, 0.15) is 38.7 Å². The number of anilines is 2. The first kappa shape index (κ1) is 11.2. The summed E-state index contributed by atoms with van der Waals surface area (Å²) in [6.07, 6.45) is 5.46. The Balaban J connectivity index is 2.05. The van der Waals surface area contributed by atoms with E-state index in [1.165, 1.54) is 19.3 Å².